The summed E-state index contributed by atoms with van der Waals surface area (Å²) in [6.45, 7) is 2.83. The molecular weight excluding hydrogens is 240 g/mol. The number of hydrogen-bond donors (Lipinski definition) is 1. The summed E-state index contributed by atoms with van der Waals surface area (Å²) >= 11 is 1.42. The van der Waals surface area contributed by atoms with Crippen LogP contribution in [0.1, 0.15) is 30.7 Å². The van der Waals surface area contributed by atoms with Crippen LogP contribution in [0.2, 0.25) is 0 Å². The standard InChI is InChI=1S/C10H14N4O2S/c1-2-13-5-7(15)14(10(13)16)9-12-11-8(17-9)6-3-4-6/h6-7,15H,2-5H2,1H3. The first-order valence-electron chi connectivity index (χ1n) is 5.80. The van der Waals surface area contributed by atoms with E-state index in [1.807, 2.05) is 6.92 Å². The Morgan fingerprint density at radius 2 is 2.24 bits per heavy atom. The van der Waals surface area contributed by atoms with Gasteiger partial charge in [-0.3, -0.25) is 0 Å². The SMILES string of the molecule is CCN1CC(O)N(c2nnc(C3CC3)s2)C1=O. The van der Waals surface area contributed by atoms with E-state index in [0.717, 1.165) is 17.8 Å². The molecule has 1 aromatic rings. The molecule has 1 N–H and O–H groups in total. The largest absolute Gasteiger partial charge is 0.371 e. The lowest BCUT2D eigenvalue weighted by atomic mass is 10.5. The zero-order valence-electron chi connectivity index (χ0n) is 9.54. The van der Waals surface area contributed by atoms with E-state index in [9.17, 15) is 9.90 Å². The zero-order valence-corrected chi connectivity index (χ0v) is 10.4. The van der Waals surface area contributed by atoms with E-state index in [0.29, 0.717) is 24.1 Å². The van der Waals surface area contributed by atoms with Crippen LogP contribution in [0.4, 0.5) is 9.93 Å². The average Bonchev–Trinajstić information content (AvgIpc) is 2.99. The molecule has 0 bridgehead atoms. The smallest absolute Gasteiger partial charge is 0.328 e. The highest BCUT2D eigenvalue weighted by Gasteiger charge is 2.39. The lowest BCUT2D eigenvalue weighted by Crippen LogP contribution is -2.34. The van der Waals surface area contributed by atoms with Crippen LogP contribution in [-0.4, -0.2) is 45.6 Å². The maximum atomic E-state index is 12.0. The zero-order chi connectivity index (χ0) is 12.0. The Morgan fingerprint density at radius 3 is 2.82 bits per heavy atom. The minimum Gasteiger partial charge on any atom is -0.371 e. The maximum absolute atomic E-state index is 12.0. The summed E-state index contributed by atoms with van der Waals surface area (Å²) in [7, 11) is 0. The molecule has 2 aliphatic rings. The average molecular weight is 254 g/mol. The molecule has 0 radical (unpaired) electrons. The second kappa shape index (κ2) is 3.92. The third-order valence-corrected chi connectivity index (χ3v) is 4.19. The van der Waals surface area contributed by atoms with Crippen molar-refractivity contribution in [3.8, 4) is 0 Å². The van der Waals surface area contributed by atoms with Crippen LogP contribution in [0, 0.1) is 0 Å². The second-order valence-electron chi connectivity index (χ2n) is 4.37. The van der Waals surface area contributed by atoms with Gasteiger partial charge in [-0.2, -0.15) is 0 Å². The Balaban J connectivity index is 1.84. The van der Waals surface area contributed by atoms with Gasteiger partial charge in [0.2, 0.25) is 5.13 Å². The number of aliphatic hydroxyl groups is 1. The van der Waals surface area contributed by atoms with Gasteiger partial charge in [0.05, 0.1) is 6.54 Å². The number of carbonyl (C=O) groups excluding carboxylic acids is 1. The molecule has 1 aliphatic heterocycles. The van der Waals surface area contributed by atoms with E-state index in [1.165, 1.54) is 16.2 Å². The minimum absolute atomic E-state index is 0.182. The van der Waals surface area contributed by atoms with Gasteiger partial charge in [-0.1, -0.05) is 11.3 Å². The van der Waals surface area contributed by atoms with Crippen LogP contribution in [0.3, 0.4) is 0 Å². The summed E-state index contributed by atoms with van der Waals surface area (Å²) in [6, 6.07) is -0.182. The van der Waals surface area contributed by atoms with Gasteiger partial charge in [-0.05, 0) is 19.8 Å². The summed E-state index contributed by atoms with van der Waals surface area (Å²) in [5.41, 5.74) is 0. The fourth-order valence-electron chi connectivity index (χ4n) is 1.93. The molecular formula is C10H14N4O2S. The molecule has 1 aliphatic carbocycles. The van der Waals surface area contributed by atoms with E-state index in [1.54, 1.807) is 4.90 Å². The quantitative estimate of drug-likeness (QED) is 0.873. The van der Waals surface area contributed by atoms with Crippen molar-refractivity contribution in [1.29, 1.82) is 0 Å². The lowest BCUT2D eigenvalue weighted by Gasteiger charge is -2.15. The maximum Gasteiger partial charge on any atom is 0.328 e. The molecule has 2 heterocycles. The number of amides is 2. The second-order valence-corrected chi connectivity index (χ2v) is 5.36. The van der Waals surface area contributed by atoms with Crippen molar-refractivity contribution in [3.63, 3.8) is 0 Å². The van der Waals surface area contributed by atoms with Crippen molar-refractivity contribution >= 4 is 22.5 Å². The van der Waals surface area contributed by atoms with Gasteiger partial charge < -0.3 is 10.0 Å². The number of aromatic nitrogens is 2. The van der Waals surface area contributed by atoms with Crippen molar-refractivity contribution in [2.24, 2.45) is 0 Å². The van der Waals surface area contributed by atoms with Gasteiger partial charge in [-0.25, -0.2) is 9.69 Å². The number of urea groups is 1. The number of likely N-dealkylation sites (N-methyl/N-ethyl adjacent to an activating group) is 1. The van der Waals surface area contributed by atoms with Gasteiger partial charge >= 0.3 is 6.03 Å². The molecule has 1 atom stereocenters. The summed E-state index contributed by atoms with van der Waals surface area (Å²) in [4.78, 5) is 14.9. The van der Waals surface area contributed by atoms with Crippen LogP contribution in [-0.2, 0) is 0 Å². The molecule has 1 saturated carbocycles. The van der Waals surface area contributed by atoms with E-state index in [4.69, 9.17) is 0 Å². The van der Waals surface area contributed by atoms with Crippen molar-refractivity contribution < 1.29 is 9.90 Å². The van der Waals surface area contributed by atoms with Crippen LogP contribution in [0.25, 0.3) is 0 Å². The first-order chi connectivity index (χ1) is 8.20. The monoisotopic (exact) mass is 254 g/mol. The molecule has 1 aromatic heterocycles. The number of carbonyl (C=O) groups is 1. The van der Waals surface area contributed by atoms with Gasteiger partial charge in [0, 0.05) is 12.5 Å². The Labute approximate surface area is 103 Å². The van der Waals surface area contributed by atoms with Crippen LogP contribution in [0.15, 0.2) is 0 Å². The molecule has 7 heteroatoms. The summed E-state index contributed by atoms with van der Waals surface area (Å²) < 4.78 is 0. The van der Waals surface area contributed by atoms with E-state index in [-0.39, 0.29) is 6.03 Å². The Hall–Kier alpha value is -1.21. The molecule has 2 amide bonds. The first kappa shape index (κ1) is 10.9. The third kappa shape index (κ3) is 1.79. The van der Waals surface area contributed by atoms with Crippen LogP contribution >= 0.6 is 11.3 Å². The molecule has 2 fully saturated rings. The summed E-state index contributed by atoms with van der Waals surface area (Å²) in [5.74, 6) is 0.526. The molecule has 0 aromatic carbocycles. The number of β-amino-alcohol motifs (C(OH)–C–C–N with tert-alkyl or cyclic N) is 1. The molecule has 92 valence electrons. The first-order valence-corrected chi connectivity index (χ1v) is 6.62. The predicted octanol–water partition coefficient (Wildman–Crippen LogP) is 0.996. The van der Waals surface area contributed by atoms with Crippen LogP contribution in [0.5, 0.6) is 0 Å². The van der Waals surface area contributed by atoms with Gasteiger partial charge in [0.1, 0.15) is 5.01 Å². The number of anilines is 1. The number of aliphatic hydroxyl groups excluding tert-OH is 1. The van der Waals surface area contributed by atoms with E-state index in [2.05, 4.69) is 10.2 Å². The fraction of sp³-hybridized carbons (Fsp3) is 0.700. The third-order valence-electron chi connectivity index (χ3n) is 3.10. The van der Waals surface area contributed by atoms with E-state index < -0.39 is 6.23 Å². The van der Waals surface area contributed by atoms with Gasteiger partial charge in [-0.15, -0.1) is 10.2 Å². The molecule has 6 nitrogen and oxygen atoms in total. The van der Waals surface area contributed by atoms with Crippen molar-refractivity contribution in [2.45, 2.75) is 31.9 Å². The van der Waals surface area contributed by atoms with E-state index >= 15 is 0 Å². The molecule has 17 heavy (non-hydrogen) atoms. The highest BCUT2D eigenvalue weighted by atomic mass is 32.1. The number of hydrogen-bond acceptors (Lipinski definition) is 5. The topological polar surface area (TPSA) is 69.6 Å². The lowest BCUT2D eigenvalue weighted by molar-refractivity contribution is 0.178. The van der Waals surface area contributed by atoms with Crippen molar-refractivity contribution in [2.75, 3.05) is 18.0 Å². The van der Waals surface area contributed by atoms with Crippen molar-refractivity contribution in [1.82, 2.24) is 15.1 Å². The number of rotatable bonds is 3. The summed E-state index contributed by atoms with van der Waals surface area (Å²) in [6.07, 6.45) is 1.51. The highest BCUT2D eigenvalue weighted by Crippen LogP contribution is 2.43. The minimum atomic E-state index is -0.803. The normalized spacial score (nSPS) is 24.8. The van der Waals surface area contributed by atoms with Crippen molar-refractivity contribution in [3.05, 3.63) is 5.01 Å². The molecule has 1 saturated heterocycles. The summed E-state index contributed by atoms with van der Waals surface area (Å²) in [5, 5.41) is 19.5. The highest BCUT2D eigenvalue weighted by molar-refractivity contribution is 7.15. The van der Waals surface area contributed by atoms with Gasteiger partial charge in [0.15, 0.2) is 6.23 Å². The predicted molar refractivity (Wildman–Crippen MR) is 63.0 cm³/mol. The Kier molecular flexibility index (Phi) is 2.52. The molecule has 3 rings (SSSR count). The molecule has 0 spiro atoms. The molecule has 1 unspecified atom stereocenters. The Bertz CT molecular complexity index is 445. The Morgan fingerprint density at radius 1 is 1.47 bits per heavy atom. The van der Waals surface area contributed by atoms with Crippen LogP contribution < -0.4 is 4.90 Å². The van der Waals surface area contributed by atoms with Gasteiger partial charge in [0.25, 0.3) is 0 Å². The number of nitrogens with zero attached hydrogens (tertiary/aromatic N) is 4. The fourth-order valence-corrected chi connectivity index (χ4v) is 2.98.